The zero-order chi connectivity index (χ0) is 20.1. The number of rotatable bonds is 5. The molecule has 3 rings (SSSR count). The fourth-order valence-corrected chi connectivity index (χ4v) is 3.75. The number of carboxylic acid groups (broad SMARTS) is 1. The topological polar surface area (TPSA) is 57.5 Å². The average Bonchev–Trinajstić information content (AvgIpc) is 2.69. The van der Waals surface area contributed by atoms with Crippen molar-refractivity contribution in [2.45, 2.75) is 45.4 Å². The third-order valence-electron chi connectivity index (χ3n) is 5.23. The summed E-state index contributed by atoms with van der Waals surface area (Å²) in [4.78, 5) is 11.2. The van der Waals surface area contributed by atoms with Crippen molar-refractivity contribution in [2.75, 3.05) is 0 Å². The van der Waals surface area contributed by atoms with E-state index in [0.29, 0.717) is 17.6 Å². The van der Waals surface area contributed by atoms with Gasteiger partial charge in [0.15, 0.2) is 0 Å². The summed E-state index contributed by atoms with van der Waals surface area (Å²) in [5, 5.41) is 18.8. The molecule has 0 saturated heterocycles. The largest absolute Gasteiger partial charge is 0.508 e. The fraction of sp³-hybridized carbons (Fsp3) is 0.292. The number of halogens is 1. The minimum Gasteiger partial charge on any atom is -0.508 e. The Hall–Kier alpha value is -2.88. The molecule has 0 radical (unpaired) electrons. The summed E-state index contributed by atoms with van der Waals surface area (Å²) in [6.07, 6.45) is 7.38. The molecule has 0 unspecified atom stereocenters. The second-order valence-corrected chi connectivity index (χ2v) is 7.15. The molecule has 0 aromatic heterocycles. The van der Waals surface area contributed by atoms with Crippen LogP contribution in [0.1, 0.15) is 62.1 Å². The lowest BCUT2D eigenvalue weighted by atomic mass is 9.84. The number of phenols is 1. The summed E-state index contributed by atoms with van der Waals surface area (Å²) < 4.78 is 14.7. The summed E-state index contributed by atoms with van der Waals surface area (Å²) in [5.41, 5.74) is 4.69. The lowest BCUT2D eigenvalue weighted by molar-refractivity contribution is -0.132. The van der Waals surface area contributed by atoms with Gasteiger partial charge in [0, 0.05) is 17.2 Å². The minimum absolute atomic E-state index is 0.0875. The molecule has 28 heavy (non-hydrogen) atoms. The van der Waals surface area contributed by atoms with E-state index in [1.807, 2.05) is 31.2 Å². The van der Waals surface area contributed by atoms with Crippen LogP contribution in [0.4, 0.5) is 4.39 Å². The number of allylic oxidation sites excluding steroid dienone is 1. The van der Waals surface area contributed by atoms with E-state index in [1.54, 1.807) is 12.1 Å². The first-order valence-corrected chi connectivity index (χ1v) is 9.74. The van der Waals surface area contributed by atoms with Crippen LogP contribution in [0.5, 0.6) is 5.75 Å². The first-order chi connectivity index (χ1) is 13.5. The normalized spacial score (nSPS) is 14.8. The van der Waals surface area contributed by atoms with Crippen LogP contribution in [0.3, 0.4) is 0 Å². The number of hydrogen-bond acceptors (Lipinski definition) is 2. The monoisotopic (exact) mass is 380 g/mol. The number of carbonyl (C=O) groups is 1. The van der Waals surface area contributed by atoms with Crippen LogP contribution >= 0.6 is 0 Å². The number of hydrogen-bond donors (Lipinski definition) is 2. The summed E-state index contributed by atoms with van der Waals surface area (Å²) in [6, 6.07) is 11.9. The Labute approximate surface area is 164 Å². The third-order valence-corrected chi connectivity index (χ3v) is 5.23. The molecule has 2 aromatic rings. The van der Waals surface area contributed by atoms with E-state index in [0.717, 1.165) is 48.4 Å². The highest BCUT2D eigenvalue weighted by Crippen LogP contribution is 2.37. The van der Waals surface area contributed by atoms with Gasteiger partial charge < -0.3 is 10.2 Å². The molecule has 0 aliphatic heterocycles. The third kappa shape index (κ3) is 4.50. The summed E-state index contributed by atoms with van der Waals surface area (Å²) >= 11 is 0. The van der Waals surface area contributed by atoms with Crippen molar-refractivity contribution in [1.29, 1.82) is 0 Å². The standard InChI is InChI=1S/C24H25FO3/c1-2-17(24(27)28)14-16-8-10-19(11-9-16)23(18-6-4-3-5-7-18)21-13-12-20(26)15-22(21)25/h8-15,26H,2-7H2,1H3,(H,27,28). The highest BCUT2D eigenvalue weighted by Gasteiger charge is 2.18. The number of phenolic OH excluding ortho intramolecular Hbond substituents is 1. The van der Waals surface area contributed by atoms with Crippen molar-refractivity contribution in [3.05, 3.63) is 76.1 Å². The molecule has 1 aliphatic carbocycles. The molecule has 0 atom stereocenters. The van der Waals surface area contributed by atoms with Crippen molar-refractivity contribution in [1.82, 2.24) is 0 Å². The Bertz CT molecular complexity index is 915. The molecule has 1 aliphatic rings. The van der Waals surface area contributed by atoms with Crippen LogP contribution in [0.2, 0.25) is 0 Å². The van der Waals surface area contributed by atoms with Crippen molar-refractivity contribution in [3.63, 3.8) is 0 Å². The van der Waals surface area contributed by atoms with Gasteiger partial charge in [-0.05, 0) is 67.0 Å². The molecule has 146 valence electrons. The van der Waals surface area contributed by atoms with Gasteiger partial charge in [0.2, 0.25) is 0 Å². The minimum atomic E-state index is -0.914. The SMILES string of the molecule is CCC(=Cc1ccc(C(=C2CCCCC2)c2ccc(O)cc2F)cc1)C(=O)O. The fourth-order valence-electron chi connectivity index (χ4n) is 3.75. The van der Waals surface area contributed by atoms with Gasteiger partial charge in [-0.1, -0.05) is 43.2 Å². The van der Waals surface area contributed by atoms with Crippen molar-refractivity contribution >= 4 is 17.6 Å². The molecule has 0 spiro atoms. The Morgan fingerprint density at radius 3 is 2.32 bits per heavy atom. The Morgan fingerprint density at radius 1 is 1.07 bits per heavy atom. The maximum atomic E-state index is 14.7. The van der Waals surface area contributed by atoms with Gasteiger partial charge in [0.05, 0.1) is 0 Å². The van der Waals surface area contributed by atoms with E-state index in [4.69, 9.17) is 0 Å². The summed E-state index contributed by atoms with van der Waals surface area (Å²) in [5.74, 6) is -1.44. The molecule has 4 heteroatoms. The molecule has 0 heterocycles. The van der Waals surface area contributed by atoms with E-state index in [1.165, 1.54) is 18.1 Å². The van der Waals surface area contributed by atoms with Crippen molar-refractivity contribution in [2.24, 2.45) is 0 Å². The Morgan fingerprint density at radius 2 is 1.75 bits per heavy atom. The van der Waals surface area contributed by atoms with Gasteiger partial charge in [-0.25, -0.2) is 9.18 Å². The molecule has 2 N–H and O–H groups in total. The smallest absolute Gasteiger partial charge is 0.331 e. The highest BCUT2D eigenvalue weighted by molar-refractivity contribution is 5.92. The van der Waals surface area contributed by atoms with Crippen LogP contribution in [0, 0.1) is 5.82 Å². The first kappa shape index (κ1) is 19.9. The Kier molecular flexibility index (Phi) is 6.30. The van der Waals surface area contributed by atoms with Crippen LogP contribution in [0.25, 0.3) is 11.6 Å². The predicted octanol–water partition coefficient (Wildman–Crippen LogP) is 6.18. The van der Waals surface area contributed by atoms with Crippen LogP contribution in [-0.4, -0.2) is 16.2 Å². The van der Waals surface area contributed by atoms with Crippen LogP contribution < -0.4 is 0 Å². The van der Waals surface area contributed by atoms with Gasteiger partial charge in [-0.2, -0.15) is 0 Å². The van der Waals surface area contributed by atoms with E-state index in [2.05, 4.69) is 0 Å². The van der Waals surface area contributed by atoms with Gasteiger partial charge >= 0.3 is 5.97 Å². The molecule has 0 bridgehead atoms. The zero-order valence-electron chi connectivity index (χ0n) is 16.0. The number of carboxylic acids is 1. The van der Waals surface area contributed by atoms with E-state index in [9.17, 15) is 19.4 Å². The van der Waals surface area contributed by atoms with E-state index >= 15 is 0 Å². The highest BCUT2D eigenvalue weighted by atomic mass is 19.1. The summed E-state index contributed by atoms with van der Waals surface area (Å²) in [7, 11) is 0. The maximum absolute atomic E-state index is 14.7. The van der Waals surface area contributed by atoms with Gasteiger partial charge in [-0.15, -0.1) is 0 Å². The van der Waals surface area contributed by atoms with E-state index < -0.39 is 11.8 Å². The Balaban J connectivity index is 2.05. The second kappa shape index (κ2) is 8.87. The second-order valence-electron chi connectivity index (χ2n) is 7.15. The quantitative estimate of drug-likeness (QED) is 0.609. The maximum Gasteiger partial charge on any atom is 0.331 e. The lowest BCUT2D eigenvalue weighted by Gasteiger charge is -2.21. The molecule has 1 fully saturated rings. The molecular weight excluding hydrogens is 355 g/mol. The number of benzene rings is 2. The number of aromatic hydroxyl groups is 1. The molecule has 2 aromatic carbocycles. The van der Waals surface area contributed by atoms with Gasteiger partial charge in [0.25, 0.3) is 0 Å². The predicted molar refractivity (Wildman–Crippen MR) is 110 cm³/mol. The molecule has 0 amide bonds. The van der Waals surface area contributed by atoms with Crippen molar-refractivity contribution in [3.8, 4) is 5.75 Å². The molecule has 3 nitrogen and oxygen atoms in total. The van der Waals surface area contributed by atoms with Crippen LogP contribution in [0.15, 0.2) is 53.6 Å². The van der Waals surface area contributed by atoms with E-state index in [-0.39, 0.29) is 5.75 Å². The zero-order valence-corrected chi connectivity index (χ0v) is 16.0. The average molecular weight is 380 g/mol. The lowest BCUT2D eigenvalue weighted by Crippen LogP contribution is -2.02. The summed E-state index contributed by atoms with van der Waals surface area (Å²) in [6.45, 7) is 1.81. The first-order valence-electron chi connectivity index (χ1n) is 9.74. The van der Waals surface area contributed by atoms with Crippen LogP contribution in [-0.2, 0) is 4.79 Å². The number of aliphatic carboxylic acids is 1. The van der Waals surface area contributed by atoms with Gasteiger partial charge in [-0.3, -0.25) is 0 Å². The molecular formula is C24H25FO3. The van der Waals surface area contributed by atoms with Crippen molar-refractivity contribution < 1.29 is 19.4 Å². The van der Waals surface area contributed by atoms with Gasteiger partial charge in [0.1, 0.15) is 11.6 Å². The molecule has 1 saturated carbocycles.